The van der Waals surface area contributed by atoms with E-state index in [1.807, 2.05) is 18.2 Å². The lowest BCUT2D eigenvalue weighted by atomic mass is 9.91. The molecule has 5 heteroatoms. The molecular formula is C15H21N3O2. The van der Waals surface area contributed by atoms with Crippen LogP contribution in [0.2, 0.25) is 0 Å². The third-order valence-electron chi connectivity index (χ3n) is 3.83. The van der Waals surface area contributed by atoms with Gasteiger partial charge < -0.3 is 16.4 Å². The predicted molar refractivity (Wildman–Crippen MR) is 76.8 cm³/mol. The molecule has 0 aliphatic carbocycles. The molecule has 4 N–H and O–H groups in total. The molecule has 1 saturated heterocycles. The number of rotatable bonds is 5. The van der Waals surface area contributed by atoms with Gasteiger partial charge in [-0.3, -0.25) is 9.59 Å². The first-order valence-corrected chi connectivity index (χ1v) is 6.92. The van der Waals surface area contributed by atoms with Gasteiger partial charge in [0.05, 0.1) is 0 Å². The van der Waals surface area contributed by atoms with Gasteiger partial charge in [0.2, 0.25) is 11.8 Å². The van der Waals surface area contributed by atoms with E-state index in [4.69, 9.17) is 5.73 Å². The van der Waals surface area contributed by atoms with Gasteiger partial charge in [-0.05, 0) is 31.9 Å². The minimum absolute atomic E-state index is 0.158. The van der Waals surface area contributed by atoms with Crippen LogP contribution in [-0.4, -0.2) is 24.4 Å². The van der Waals surface area contributed by atoms with Crippen LogP contribution in [0, 0.1) is 0 Å². The Morgan fingerprint density at radius 1 is 1.40 bits per heavy atom. The summed E-state index contributed by atoms with van der Waals surface area (Å²) in [5.41, 5.74) is 5.02. The predicted octanol–water partition coefficient (Wildman–Crippen LogP) is 0.645. The Kier molecular flexibility index (Phi) is 4.39. The fourth-order valence-electron chi connectivity index (χ4n) is 2.53. The number of nitrogens with two attached hydrogens (primary N) is 1. The Labute approximate surface area is 118 Å². The Hall–Kier alpha value is -1.88. The Morgan fingerprint density at radius 3 is 2.65 bits per heavy atom. The lowest BCUT2D eigenvalue weighted by Crippen LogP contribution is -2.53. The molecule has 1 aliphatic heterocycles. The highest BCUT2D eigenvalue weighted by atomic mass is 16.2. The number of nitrogens with one attached hydrogen (secondary N) is 2. The Bertz CT molecular complexity index is 483. The molecule has 1 aliphatic rings. The van der Waals surface area contributed by atoms with Crippen LogP contribution in [0.1, 0.15) is 31.7 Å². The molecule has 5 nitrogen and oxygen atoms in total. The molecule has 0 radical (unpaired) electrons. The van der Waals surface area contributed by atoms with Crippen molar-refractivity contribution in [3.05, 3.63) is 35.9 Å². The normalized spacial score (nSPS) is 21.1. The van der Waals surface area contributed by atoms with E-state index in [2.05, 4.69) is 10.6 Å². The maximum atomic E-state index is 12.1. The fraction of sp³-hybridized carbons (Fsp3) is 0.467. The number of benzene rings is 1. The van der Waals surface area contributed by atoms with Gasteiger partial charge in [-0.25, -0.2) is 0 Å². The average Bonchev–Trinajstić information content (AvgIpc) is 2.92. The van der Waals surface area contributed by atoms with Crippen LogP contribution in [-0.2, 0) is 15.1 Å². The van der Waals surface area contributed by atoms with E-state index in [0.29, 0.717) is 12.0 Å². The quantitative estimate of drug-likeness (QED) is 0.737. The van der Waals surface area contributed by atoms with Crippen molar-refractivity contribution < 1.29 is 9.59 Å². The van der Waals surface area contributed by atoms with Gasteiger partial charge in [-0.2, -0.15) is 0 Å². The minimum atomic E-state index is -1.17. The topological polar surface area (TPSA) is 84.2 Å². The fourth-order valence-corrected chi connectivity index (χ4v) is 2.53. The minimum Gasteiger partial charge on any atom is -0.367 e. The molecule has 0 spiro atoms. The number of hydrogen-bond donors (Lipinski definition) is 3. The monoisotopic (exact) mass is 275 g/mol. The molecule has 2 amide bonds. The zero-order valence-corrected chi connectivity index (χ0v) is 11.7. The summed E-state index contributed by atoms with van der Waals surface area (Å²) in [4.78, 5) is 23.9. The molecule has 1 aromatic rings. The summed E-state index contributed by atoms with van der Waals surface area (Å²) in [5.74, 6) is -0.717. The highest BCUT2D eigenvalue weighted by Gasteiger charge is 2.35. The zero-order valence-electron chi connectivity index (χ0n) is 11.7. The van der Waals surface area contributed by atoms with E-state index in [-0.39, 0.29) is 11.9 Å². The van der Waals surface area contributed by atoms with Gasteiger partial charge in [0.1, 0.15) is 5.54 Å². The number of carbonyl (C=O) groups excluding carboxylic acids is 2. The van der Waals surface area contributed by atoms with Gasteiger partial charge in [0, 0.05) is 12.5 Å². The Morgan fingerprint density at radius 2 is 2.10 bits per heavy atom. The van der Waals surface area contributed by atoms with Crippen LogP contribution in [0.5, 0.6) is 0 Å². The van der Waals surface area contributed by atoms with Crippen molar-refractivity contribution in [2.24, 2.45) is 5.73 Å². The van der Waals surface area contributed by atoms with E-state index in [1.165, 1.54) is 0 Å². The number of primary amides is 1. The molecular weight excluding hydrogens is 254 g/mol. The third-order valence-corrected chi connectivity index (χ3v) is 3.83. The second kappa shape index (κ2) is 6.05. The SMILES string of the molecule is CC(NC(=O)CC1CCCN1)(C(N)=O)c1ccccc1. The van der Waals surface area contributed by atoms with Gasteiger partial charge in [0.15, 0.2) is 0 Å². The second-order valence-corrected chi connectivity index (χ2v) is 5.40. The second-order valence-electron chi connectivity index (χ2n) is 5.40. The van der Waals surface area contributed by atoms with Crippen LogP contribution in [0.3, 0.4) is 0 Å². The first kappa shape index (κ1) is 14.5. The average molecular weight is 275 g/mol. The summed E-state index contributed by atoms with van der Waals surface area (Å²) in [6.07, 6.45) is 2.45. The third kappa shape index (κ3) is 3.17. The van der Waals surface area contributed by atoms with Crippen LogP contribution in [0.15, 0.2) is 30.3 Å². The molecule has 1 heterocycles. The summed E-state index contributed by atoms with van der Waals surface area (Å²) >= 11 is 0. The van der Waals surface area contributed by atoms with Crippen molar-refractivity contribution in [3.63, 3.8) is 0 Å². The zero-order chi connectivity index (χ0) is 14.6. The van der Waals surface area contributed by atoms with Gasteiger partial charge in [-0.1, -0.05) is 30.3 Å². The van der Waals surface area contributed by atoms with E-state index in [1.54, 1.807) is 19.1 Å². The molecule has 20 heavy (non-hydrogen) atoms. The van der Waals surface area contributed by atoms with Crippen LogP contribution in [0.25, 0.3) is 0 Å². The van der Waals surface area contributed by atoms with Gasteiger partial charge in [-0.15, -0.1) is 0 Å². The van der Waals surface area contributed by atoms with Crippen LogP contribution in [0.4, 0.5) is 0 Å². The number of carbonyl (C=O) groups is 2. The summed E-state index contributed by atoms with van der Waals surface area (Å²) in [6, 6.07) is 9.28. The number of hydrogen-bond acceptors (Lipinski definition) is 3. The first-order valence-electron chi connectivity index (χ1n) is 6.92. The smallest absolute Gasteiger partial charge is 0.247 e. The largest absolute Gasteiger partial charge is 0.367 e. The lowest BCUT2D eigenvalue weighted by Gasteiger charge is -2.28. The molecule has 2 atom stereocenters. The number of amides is 2. The maximum Gasteiger partial charge on any atom is 0.247 e. The van der Waals surface area contributed by atoms with E-state index < -0.39 is 11.4 Å². The summed E-state index contributed by atoms with van der Waals surface area (Å²) in [6.45, 7) is 2.59. The molecule has 108 valence electrons. The van der Waals surface area contributed by atoms with Crippen molar-refractivity contribution >= 4 is 11.8 Å². The van der Waals surface area contributed by atoms with Crippen molar-refractivity contribution in [2.75, 3.05) is 6.54 Å². The highest BCUT2D eigenvalue weighted by Crippen LogP contribution is 2.21. The molecule has 1 fully saturated rings. The van der Waals surface area contributed by atoms with Crippen LogP contribution < -0.4 is 16.4 Å². The molecule has 1 aromatic carbocycles. The molecule has 0 aromatic heterocycles. The summed E-state index contributed by atoms with van der Waals surface area (Å²) < 4.78 is 0. The van der Waals surface area contributed by atoms with Gasteiger partial charge in [0.25, 0.3) is 0 Å². The summed E-state index contributed by atoms with van der Waals surface area (Å²) in [5, 5.41) is 6.05. The highest BCUT2D eigenvalue weighted by molar-refractivity contribution is 5.91. The maximum absolute atomic E-state index is 12.1. The first-order chi connectivity index (χ1) is 9.52. The van der Waals surface area contributed by atoms with Crippen molar-refractivity contribution in [3.8, 4) is 0 Å². The van der Waals surface area contributed by atoms with E-state index in [9.17, 15) is 9.59 Å². The van der Waals surface area contributed by atoms with Gasteiger partial charge >= 0.3 is 0 Å². The van der Waals surface area contributed by atoms with Crippen molar-refractivity contribution in [1.82, 2.24) is 10.6 Å². The molecule has 2 unspecified atom stereocenters. The lowest BCUT2D eigenvalue weighted by molar-refractivity contribution is -0.131. The van der Waals surface area contributed by atoms with Crippen molar-refractivity contribution in [2.45, 2.75) is 37.8 Å². The van der Waals surface area contributed by atoms with E-state index in [0.717, 1.165) is 19.4 Å². The Balaban J connectivity index is 2.09. The van der Waals surface area contributed by atoms with E-state index >= 15 is 0 Å². The summed E-state index contributed by atoms with van der Waals surface area (Å²) in [7, 11) is 0. The molecule has 2 rings (SSSR count). The van der Waals surface area contributed by atoms with Crippen LogP contribution >= 0.6 is 0 Å². The molecule has 0 bridgehead atoms. The molecule has 0 saturated carbocycles. The van der Waals surface area contributed by atoms with Crippen molar-refractivity contribution in [1.29, 1.82) is 0 Å². The standard InChI is InChI=1S/C15H21N3O2/c1-15(14(16)20,11-6-3-2-4-7-11)18-13(19)10-12-8-5-9-17-12/h2-4,6-7,12,17H,5,8-10H2,1H3,(H2,16,20)(H,18,19).